The number of nitrogens with zero attached hydrogens (tertiary/aromatic N) is 2. The predicted octanol–water partition coefficient (Wildman–Crippen LogP) is 3.13. The van der Waals surface area contributed by atoms with Crippen LogP contribution in [0.15, 0.2) is 48.8 Å². The molecule has 3 rings (SSSR count). The number of nitrogens with two attached hydrogens (primary N) is 1. The minimum Gasteiger partial charge on any atom is -0.320 e. The maximum atomic E-state index is 13.2. The van der Waals surface area contributed by atoms with Crippen molar-refractivity contribution in [3.8, 4) is 0 Å². The lowest BCUT2D eigenvalue weighted by molar-refractivity contribution is 0.616. The van der Waals surface area contributed by atoms with Gasteiger partial charge in [0.05, 0.1) is 17.8 Å². The highest BCUT2D eigenvalue weighted by atomic mass is 19.1. The van der Waals surface area contributed by atoms with Crippen LogP contribution >= 0.6 is 0 Å². The Labute approximate surface area is 116 Å². The van der Waals surface area contributed by atoms with Crippen molar-refractivity contribution in [1.29, 1.82) is 0 Å². The van der Waals surface area contributed by atoms with E-state index in [1.165, 1.54) is 12.3 Å². The number of hydrogen-bond acceptors (Lipinski definition) is 3. The van der Waals surface area contributed by atoms with Crippen LogP contribution in [0.25, 0.3) is 10.9 Å². The number of pyridine rings is 2. The van der Waals surface area contributed by atoms with Gasteiger partial charge in [0.1, 0.15) is 5.82 Å². The maximum Gasteiger partial charge on any atom is 0.141 e. The summed E-state index contributed by atoms with van der Waals surface area (Å²) in [5.74, 6) is -0.379. The van der Waals surface area contributed by atoms with E-state index in [0.29, 0.717) is 5.56 Å². The Balaban J connectivity index is 2.03. The zero-order chi connectivity index (χ0) is 14.1. The number of halogens is 1. The van der Waals surface area contributed by atoms with E-state index in [-0.39, 0.29) is 5.82 Å². The van der Waals surface area contributed by atoms with E-state index in [1.54, 1.807) is 6.20 Å². The van der Waals surface area contributed by atoms with Gasteiger partial charge in [-0.25, -0.2) is 4.39 Å². The standard InChI is InChI=1S/C16H14FN3/c1-10-2-3-11-6-12(4-5-15(11)20-10)16(18)13-7-14(17)9-19-8-13/h2-9,16H,18H2,1H3. The highest BCUT2D eigenvalue weighted by molar-refractivity contribution is 5.79. The Morgan fingerprint density at radius 3 is 2.70 bits per heavy atom. The molecule has 1 unspecified atom stereocenters. The van der Waals surface area contributed by atoms with Gasteiger partial charge in [-0.05, 0) is 42.3 Å². The average Bonchev–Trinajstić information content (AvgIpc) is 2.46. The number of rotatable bonds is 2. The molecule has 2 N–H and O–H groups in total. The molecule has 2 aromatic heterocycles. The van der Waals surface area contributed by atoms with E-state index in [4.69, 9.17) is 5.73 Å². The van der Waals surface area contributed by atoms with Gasteiger partial charge < -0.3 is 5.73 Å². The highest BCUT2D eigenvalue weighted by Gasteiger charge is 2.11. The van der Waals surface area contributed by atoms with Crippen LogP contribution in [0.5, 0.6) is 0 Å². The molecule has 1 aromatic carbocycles. The molecule has 3 aromatic rings. The summed E-state index contributed by atoms with van der Waals surface area (Å²) in [4.78, 5) is 8.29. The summed E-state index contributed by atoms with van der Waals surface area (Å²) < 4.78 is 13.2. The lowest BCUT2D eigenvalue weighted by atomic mass is 9.99. The van der Waals surface area contributed by atoms with Gasteiger partial charge in [-0.15, -0.1) is 0 Å². The smallest absolute Gasteiger partial charge is 0.141 e. The normalized spacial score (nSPS) is 12.6. The van der Waals surface area contributed by atoms with E-state index in [2.05, 4.69) is 9.97 Å². The molecule has 0 bridgehead atoms. The second-order valence-corrected chi connectivity index (χ2v) is 4.82. The topological polar surface area (TPSA) is 51.8 Å². The molecular formula is C16H14FN3. The molecule has 2 heterocycles. The first-order valence-electron chi connectivity index (χ1n) is 6.37. The molecule has 0 spiro atoms. The summed E-state index contributed by atoms with van der Waals surface area (Å²) in [6.07, 6.45) is 2.76. The van der Waals surface area contributed by atoms with Crippen molar-refractivity contribution in [2.24, 2.45) is 5.73 Å². The molecule has 0 radical (unpaired) electrons. The third-order valence-corrected chi connectivity index (χ3v) is 3.30. The number of aromatic nitrogens is 2. The van der Waals surface area contributed by atoms with Crippen molar-refractivity contribution in [2.75, 3.05) is 0 Å². The van der Waals surface area contributed by atoms with E-state index < -0.39 is 6.04 Å². The summed E-state index contributed by atoms with van der Waals surface area (Å²) >= 11 is 0. The third-order valence-electron chi connectivity index (χ3n) is 3.30. The molecule has 0 saturated carbocycles. The Morgan fingerprint density at radius 1 is 1.05 bits per heavy atom. The van der Waals surface area contributed by atoms with Crippen molar-refractivity contribution in [1.82, 2.24) is 9.97 Å². The number of fused-ring (bicyclic) bond motifs is 1. The third kappa shape index (κ3) is 2.38. The van der Waals surface area contributed by atoms with Gasteiger partial charge in [0, 0.05) is 17.3 Å². The quantitative estimate of drug-likeness (QED) is 0.776. The second kappa shape index (κ2) is 4.98. The summed E-state index contributed by atoms with van der Waals surface area (Å²) in [5, 5.41) is 1.02. The van der Waals surface area contributed by atoms with Gasteiger partial charge in [0.2, 0.25) is 0 Å². The van der Waals surface area contributed by atoms with Gasteiger partial charge in [0.25, 0.3) is 0 Å². The number of aryl methyl sites for hydroxylation is 1. The second-order valence-electron chi connectivity index (χ2n) is 4.82. The summed E-state index contributed by atoms with van der Waals surface area (Å²) in [7, 11) is 0. The first-order valence-corrected chi connectivity index (χ1v) is 6.37. The van der Waals surface area contributed by atoms with Crippen molar-refractivity contribution in [3.63, 3.8) is 0 Å². The lowest BCUT2D eigenvalue weighted by Gasteiger charge is -2.13. The van der Waals surface area contributed by atoms with Gasteiger partial charge in [-0.3, -0.25) is 9.97 Å². The summed E-state index contributed by atoms with van der Waals surface area (Å²) in [5.41, 5.74) is 9.65. The van der Waals surface area contributed by atoms with E-state index >= 15 is 0 Å². The van der Waals surface area contributed by atoms with E-state index in [0.717, 1.165) is 22.2 Å². The SMILES string of the molecule is Cc1ccc2cc(C(N)c3cncc(F)c3)ccc2n1. The van der Waals surface area contributed by atoms with Crippen molar-refractivity contribution < 1.29 is 4.39 Å². The Bertz CT molecular complexity index is 771. The lowest BCUT2D eigenvalue weighted by Crippen LogP contribution is -2.12. The monoisotopic (exact) mass is 267 g/mol. The summed E-state index contributed by atoms with van der Waals surface area (Å²) in [6.45, 7) is 1.96. The minimum absolute atomic E-state index is 0.379. The minimum atomic E-state index is -0.399. The molecule has 0 aliphatic rings. The van der Waals surface area contributed by atoms with E-state index in [1.807, 2.05) is 37.3 Å². The van der Waals surface area contributed by atoms with Crippen molar-refractivity contribution in [3.05, 3.63) is 71.4 Å². The van der Waals surface area contributed by atoms with Crippen LogP contribution in [-0.2, 0) is 0 Å². The van der Waals surface area contributed by atoms with Crippen LogP contribution < -0.4 is 5.73 Å². The fraction of sp³-hybridized carbons (Fsp3) is 0.125. The average molecular weight is 267 g/mol. The first-order chi connectivity index (χ1) is 9.63. The molecule has 20 heavy (non-hydrogen) atoms. The first kappa shape index (κ1) is 12.7. The molecule has 0 amide bonds. The zero-order valence-electron chi connectivity index (χ0n) is 11.0. The largest absolute Gasteiger partial charge is 0.320 e. The van der Waals surface area contributed by atoms with Crippen molar-refractivity contribution >= 4 is 10.9 Å². The maximum absolute atomic E-state index is 13.2. The van der Waals surface area contributed by atoms with Crippen LogP contribution in [0.4, 0.5) is 4.39 Å². The van der Waals surface area contributed by atoms with Crippen LogP contribution in [0, 0.1) is 12.7 Å². The molecule has 1 atom stereocenters. The van der Waals surface area contributed by atoms with E-state index in [9.17, 15) is 4.39 Å². The molecule has 0 saturated heterocycles. The fourth-order valence-electron chi connectivity index (χ4n) is 2.23. The van der Waals surface area contributed by atoms with Crippen LogP contribution in [-0.4, -0.2) is 9.97 Å². The van der Waals surface area contributed by atoms with Crippen LogP contribution in [0.1, 0.15) is 22.9 Å². The molecule has 0 fully saturated rings. The molecule has 100 valence electrons. The fourth-order valence-corrected chi connectivity index (χ4v) is 2.23. The molecule has 0 aliphatic carbocycles. The summed E-state index contributed by atoms with van der Waals surface area (Å²) in [6, 6.07) is 10.8. The zero-order valence-corrected chi connectivity index (χ0v) is 11.0. The van der Waals surface area contributed by atoms with Gasteiger partial charge >= 0.3 is 0 Å². The predicted molar refractivity (Wildman–Crippen MR) is 76.7 cm³/mol. The van der Waals surface area contributed by atoms with Crippen LogP contribution in [0.3, 0.4) is 0 Å². The number of benzene rings is 1. The van der Waals surface area contributed by atoms with Gasteiger partial charge in [0.15, 0.2) is 0 Å². The molecular weight excluding hydrogens is 253 g/mol. The van der Waals surface area contributed by atoms with Crippen LogP contribution in [0.2, 0.25) is 0 Å². The van der Waals surface area contributed by atoms with Crippen molar-refractivity contribution in [2.45, 2.75) is 13.0 Å². The Morgan fingerprint density at radius 2 is 1.90 bits per heavy atom. The Hall–Kier alpha value is -2.33. The molecule has 4 heteroatoms. The molecule has 3 nitrogen and oxygen atoms in total. The molecule has 0 aliphatic heterocycles. The van der Waals surface area contributed by atoms with Gasteiger partial charge in [-0.2, -0.15) is 0 Å². The van der Waals surface area contributed by atoms with Gasteiger partial charge in [-0.1, -0.05) is 12.1 Å². The highest BCUT2D eigenvalue weighted by Crippen LogP contribution is 2.23. The Kier molecular flexibility index (Phi) is 3.16. The number of hydrogen-bond donors (Lipinski definition) is 1.